The summed E-state index contributed by atoms with van der Waals surface area (Å²) in [5.74, 6) is -1.26. The van der Waals surface area contributed by atoms with Gasteiger partial charge in [0.1, 0.15) is 0 Å². The second kappa shape index (κ2) is 13.1. The van der Waals surface area contributed by atoms with E-state index in [1.165, 1.54) is 39.0 Å². The van der Waals surface area contributed by atoms with Crippen molar-refractivity contribution < 1.29 is 19.4 Å². The Hall–Kier alpha value is -1.58. The highest BCUT2D eigenvalue weighted by atomic mass is 16.5. The van der Waals surface area contributed by atoms with Gasteiger partial charge in [-0.1, -0.05) is 51.2 Å². The summed E-state index contributed by atoms with van der Waals surface area (Å²) in [5, 5.41) is 8.68. The lowest BCUT2D eigenvalue weighted by molar-refractivity contribution is -0.138. The van der Waals surface area contributed by atoms with Crippen molar-refractivity contribution in [2.24, 2.45) is 0 Å². The Morgan fingerprint density at radius 3 is 2.14 bits per heavy atom. The van der Waals surface area contributed by atoms with Crippen LogP contribution in [0.4, 0.5) is 0 Å². The number of aliphatic carboxylic acids is 1. The standard InChI is InChI=1S/C18H30O4/c1-4-5-6-7-8-9-10-12-16(3)18(21)22-14-11-13-15(2)17(19)20/h12-13H,4-11,14H2,1-3H3,(H,19,20). The number of carboxylic acid groups (broad SMARTS) is 1. The van der Waals surface area contributed by atoms with E-state index in [0.717, 1.165) is 12.8 Å². The summed E-state index contributed by atoms with van der Waals surface area (Å²) < 4.78 is 5.10. The third-order valence-corrected chi connectivity index (χ3v) is 3.47. The molecule has 22 heavy (non-hydrogen) atoms. The monoisotopic (exact) mass is 310 g/mol. The summed E-state index contributed by atoms with van der Waals surface area (Å²) in [7, 11) is 0. The zero-order valence-corrected chi connectivity index (χ0v) is 14.2. The molecule has 0 bridgehead atoms. The Bertz CT molecular complexity index is 394. The van der Waals surface area contributed by atoms with E-state index in [1.807, 2.05) is 6.08 Å². The molecule has 0 aliphatic carbocycles. The van der Waals surface area contributed by atoms with Crippen LogP contribution in [0.2, 0.25) is 0 Å². The fourth-order valence-electron chi connectivity index (χ4n) is 1.95. The molecule has 0 aromatic rings. The minimum Gasteiger partial charge on any atom is -0.478 e. The highest BCUT2D eigenvalue weighted by molar-refractivity contribution is 5.87. The van der Waals surface area contributed by atoms with Gasteiger partial charge in [-0.2, -0.15) is 0 Å². The second-order valence-corrected chi connectivity index (χ2v) is 5.56. The third-order valence-electron chi connectivity index (χ3n) is 3.47. The molecule has 0 radical (unpaired) electrons. The minimum absolute atomic E-state index is 0.214. The van der Waals surface area contributed by atoms with E-state index >= 15 is 0 Å². The highest BCUT2D eigenvalue weighted by Gasteiger charge is 2.05. The summed E-state index contributed by atoms with van der Waals surface area (Å²) in [6, 6.07) is 0. The Balaban J connectivity index is 3.79. The first-order valence-corrected chi connectivity index (χ1v) is 8.23. The molecule has 0 aromatic carbocycles. The first-order valence-electron chi connectivity index (χ1n) is 8.23. The normalized spacial score (nSPS) is 12.3. The molecule has 0 saturated carbocycles. The second-order valence-electron chi connectivity index (χ2n) is 5.56. The van der Waals surface area contributed by atoms with Crippen molar-refractivity contribution in [2.75, 3.05) is 6.61 Å². The van der Waals surface area contributed by atoms with E-state index in [1.54, 1.807) is 13.0 Å². The molecule has 0 fully saturated rings. The smallest absolute Gasteiger partial charge is 0.333 e. The number of ether oxygens (including phenoxy) is 1. The molecular weight excluding hydrogens is 280 g/mol. The van der Waals surface area contributed by atoms with Crippen LogP contribution >= 0.6 is 0 Å². The first kappa shape index (κ1) is 20.4. The average molecular weight is 310 g/mol. The van der Waals surface area contributed by atoms with Crippen molar-refractivity contribution in [2.45, 2.75) is 72.1 Å². The first-order chi connectivity index (χ1) is 10.5. The van der Waals surface area contributed by atoms with E-state index < -0.39 is 5.97 Å². The summed E-state index contributed by atoms with van der Waals surface area (Å²) in [6.45, 7) is 5.70. The van der Waals surface area contributed by atoms with Gasteiger partial charge in [-0.25, -0.2) is 9.59 Å². The van der Waals surface area contributed by atoms with E-state index in [4.69, 9.17) is 9.84 Å². The van der Waals surface area contributed by atoms with Crippen LogP contribution in [-0.2, 0) is 14.3 Å². The molecule has 4 nitrogen and oxygen atoms in total. The zero-order chi connectivity index (χ0) is 16.8. The Labute approximate surface area is 134 Å². The Morgan fingerprint density at radius 1 is 0.909 bits per heavy atom. The summed E-state index contributed by atoms with van der Waals surface area (Å²) >= 11 is 0. The van der Waals surface area contributed by atoms with E-state index in [-0.39, 0.29) is 18.1 Å². The van der Waals surface area contributed by atoms with Crippen molar-refractivity contribution in [3.8, 4) is 0 Å². The van der Waals surface area contributed by atoms with E-state index in [0.29, 0.717) is 12.0 Å². The highest BCUT2D eigenvalue weighted by Crippen LogP contribution is 2.09. The number of rotatable bonds is 12. The van der Waals surface area contributed by atoms with Gasteiger partial charge < -0.3 is 9.84 Å². The van der Waals surface area contributed by atoms with Gasteiger partial charge >= 0.3 is 11.9 Å². The fraction of sp³-hybridized carbons (Fsp3) is 0.667. The molecular formula is C18H30O4. The third kappa shape index (κ3) is 11.1. The molecule has 0 aliphatic heterocycles. The van der Waals surface area contributed by atoms with Gasteiger partial charge in [0.2, 0.25) is 0 Å². The van der Waals surface area contributed by atoms with E-state index in [2.05, 4.69) is 6.92 Å². The number of esters is 1. The molecule has 126 valence electrons. The van der Waals surface area contributed by atoms with Gasteiger partial charge in [0.15, 0.2) is 0 Å². The molecule has 0 amide bonds. The van der Waals surface area contributed by atoms with E-state index in [9.17, 15) is 9.59 Å². The molecule has 0 rings (SSSR count). The number of hydrogen-bond acceptors (Lipinski definition) is 3. The van der Waals surface area contributed by atoms with Crippen LogP contribution in [0.5, 0.6) is 0 Å². The number of allylic oxidation sites excluding steroid dienone is 1. The summed E-state index contributed by atoms with van der Waals surface area (Å²) in [4.78, 5) is 22.3. The summed E-state index contributed by atoms with van der Waals surface area (Å²) in [5.41, 5.74) is 0.902. The number of unbranched alkanes of at least 4 members (excludes halogenated alkanes) is 6. The largest absolute Gasteiger partial charge is 0.478 e. The maximum Gasteiger partial charge on any atom is 0.333 e. The zero-order valence-electron chi connectivity index (χ0n) is 14.2. The summed E-state index contributed by atoms with van der Waals surface area (Å²) in [6.07, 6.45) is 12.3. The van der Waals surface area contributed by atoms with Crippen LogP contribution in [0.25, 0.3) is 0 Å². The SMILES string of the molecule is CCCCCCCCC=C(C)C(=O)OCCC=C(C)C(=O)O. The fourth-order valence-corrected chi connectivity index (χ4v) is 1.95. The van der Waals surface area contributed by atoms with Crippen molar-refractivity contribution in [1.82, 2.24) is 0 Å². The molecule has 0 spiro atoms. The van der Waals surface area contributed by atoms with Crippen LogP contribution in [0, 0.1) is 0 Å². The molecule has 4 heteroatoms. The molecule has 0 saturated heterocycles. The molecule has 0 unspecified atom stereocenters. The predicted molar refractivity (Wildman–Crippen MR) is 88.7 cm³/mol. The number of carbonyl (C=O) groups is 2. The number of hydrogen-bond donors (Lipinski definition) is 1. The minimum atomic E-state index is -0.943. The van der Waals surface area contributed by atoms with Crippen molar-refractivity contribution >= 4 is 11.9 Å². The van der Waals surface area contributed by atoms with Crippen molar-refractivity contribution in [1.29, 1.82) is 0 Å². The lowest BCUT2D eigenvalue weighted by Crippen LogP contribution is -2.07. The quantitative estimate of drug-likeness (QED) is 0.324. The Morgan fingerprint density at radius 2 is 1.50 bits per heavy atom. The topological polar surface area (TPSA) is 63.6 Å². The lowest BCUT2D eigenvalue weighted by Gasteiger charge is -2.04. The molecule has 0 atom stereocenters. The number of carboxylic acids is 1. The van der Waals surface area contributed by atoms with Gasteiger partial charge in [-0.3, -0.25) is 0 Å². The molecule has 1 N–H and O–H groups in total. The molecule has 0 aromatic heterocycles. The maximum absolute atomic E-state index is 11.7. The van der Waals surface area contributed by atoms with Crippen LogP contribution < -0.4 is 0 Å². The molecule has 0 heterocycles. The predicted octanol–water partition coefficient (Wildman–Crippen LogP) is 4.65. The van der Waals surface area contributed by atoms with Gasteiger partial charge in [-0.15, -0.1) is 0 Å². The van der Waals surface area contributed by atoms with Gasteiger partial charge in [0.25, 0.3) is 0 Å². The Kier molecular flexibility index (Phi) is 12.2. The van der Waals surface area contributed by atoms with Crippen molar-refractivity contribution in [3.63, 3.8) is 0 Å². The van der Waals surface area contributed by atoms with Gasteiger partial charge in [0, 0.05) is 17.6 Å². The van der Waals surface area contributed by atoms with Crippen LogP contribution in [0.15, 0.2) is 23.3 Å². The van der Waals surface area contributed by atoms with Crippen LogP contribution in [0.3, 0.4) is 0 Å². The molecule has 0 aliphatic rings. The number of carbonyl (C=O) groups excluding carboxylic acids is 1. The average Bonchev–Trinajstić information content (AvgIpc) is 2.49. The van der Waals surface area contributed by atoms with Gasteiger partial charge in [0.05, 0.1) is 6.61 Å². The van der Waals surface area contributed by atoms with Crippen LogP contribution in [-0.4, -0.2) is 23.7 Å². The van der Waals surface area contributed by atoms with Gasteiger partial charge in [-0.05, 0) is 26.7 Å². The van der Waals surface area contributed by atoms with Crippen molar-refractivity contribution in [3.05, 3.63) is 23.3 Å². The lowest BCUT2D eigenvalue weighted by atomic mass is 10.1. The van der Waals surface area contributed by atoms with Crippen LogP contribution in [0.1, 0.15) is 72.1 Å². The maximum atomic E-state index is 11.7.